The summed E-state index contributed by atoms with van der Waals surface area (Å²) in [5.41, 5.74) is 3.21. The van der Waals surface area contributed by atoms with Crippen LogP contribution >= 0.6 is 11.3 Å². The number of carbonyl (C=O) groups excluding carboxylic acids is 1. The largest absolute Gasteiger partial charge is 0.352 e. The molecule has 3 aromatic heterocycles. The smallest absolute Gasteiger partial charge is 0.324 e. The lowest BCUT2D eigenvalue weighted by atomic mass is 9.89. The van der Waals surface area contributed by atoms with Gasteiger partial charge >= 0.3 is 5.69 Å². The first-order chi connectivity index (χ1) is 14.0. The molecule has 3 heterocycles. The van der Waals surface area contributed by atoms with Gasteiger partial charge in [-0.15, -0.1) is 16.4 Å². The van der Waals surface area contributed by atoms with Gasteiger partial charge < -0.3 is 5.32 Å². The Morgan fingerprint density at radius 1 is 1.34 bits per heavy atom. The van der Waals surface area contributed by atoms with E-state index in [4.69, 9.17) is 0 Å². The van der Waals surface area contributed by atoms with E-state index in [1.54, 1.807) is 11.3 Å². The average molecular weight is 407 g/mol. The zero-order valence-electron chi connectivity index (χ0n) is 16.3. The van der Waals surface area contributed by atoms with Crippen molar-refractivity contribution in [1.29, 1.82) is 0 Å². The zero-order valence-corrected chi connectivity index (χ0v) is 17.1. The number of nitrogens with one attached hydrogen (secondary N) is 1. The fourth-order valence-electron chi connectivity index (χ4n) is 4.00. The molecule has 7 nitrogen and oxygen atoms in total. The van der Waals surface area contributed by atoms with Crippen molar-refractivity contribution in [3.63, 3.8) is 0 Å². The molecule has 0 saturated heterocycles. The molecule has 0 radical (unpaired) electrons. The van der Waals surface area contributed by atoms with Crippen LogP contribution in [-0.4, -0.2) is 25.1 Å². The zero-order chi connectivity index (χ0) is 20.1. The number of carbonyl (C=O) groups is 1. The Kier molecular flexibility index (Phi) is 4.24. The van der Waals surface area contributed by atoms with Gasteiger partial charge in [0.2, 0.25) is 5.91 Å². The number of benzene rings is 1. The molecule has 0 fully saturated rings. The van der Waals surface area contributed by atoms with Gasteiger partial charge in [-0.3, -0.25) is 4.79 Å². The molecule has 4 aromatic rings. The highest BCUT2D eigenvalue weighted by molar-refractivity contribution is 7.19. The van der Waals surface area contributed by atoms with Gasteiger partial charge in [0.15, 0.2) is 5.65 Å². The Labute approximate surface area is 171 Å². The number of para-hydroxylation sites is 1. The Morgan fingerprint density at radius 2 is 2.17 bits per heavy atom. The van der Waals surface area contributed by atoms with Crippen LogP contribution in [-0.2, 0) is 24.2 Å². The number of nitrogens with zero attached hydrogens (tertiary/aromatic N) is 4. The van der Waals surface area contributed by atoms with E-state index in [1.165, 1.54) is 25.9 Å². The number of anilines is 1. The predicted molar refractivity (Wildman–Crippen MR) is 114 cm³/mol. The number of amides is 1. The molecule has 1 N–H and O–H groups in total. The highest BCUT2D eigenvalue weighted by Gasteiger charge is 2.24. The van der Waals surface area contributed by atoms with Crippen molar-refractivity contribution < 1.29 is 4.79 Å². The normalized spacial score (nSPS) is 16.3. The third-order valence-electron chi connectivity index (χ3n) is 5.59. The predicted octanol–water partition coefficient (Wildman–Crippen LogP) is 3.18. The Morgan fingerprint density at radius 3 is 3.00 bits per heavy atom. The number of hydrogen-bond donors (Lipinski definition) is 1. The molecule has 1 aromatic carbocycles. The van der Waals surface area contributed by atoms with E-state index in [9.17, 15) is 9.59 Å². The molecule has 0 unspecified atom stereocenters. The third kappa shape index (κ3) is 3.04. The third-order valence-corrected chi connectivity index (χ3v) is 6.75. The molecule has 1 atom stereocenters. The number of thiophene rings is 1. The summed E-state index contributed by atoms with van der Waals surface area (Å²) in [4.78, 5) is 32.1. The van der Waals surface area contributed by atoms with Gasteiger partial charge in [0.05, 0.1) is 5.39 Å². The quantitative estimate of drug-likeness (QED) is 0.566. The minimum absolute atomic E-state index is 0.139. The number of rotatable bonds is 3. The molecular weight excluding hydrogens is 386 g/mol. The molecule has 0 aliphatic heterocycles. The molecule has 1 aliphatic carbocycles. The van der Waals surface area contributed by atoms with Crippen LogP contribution in [0.5, 0.6) is 0 Å². The standard InChI is InChI=1S/C21H21N5O2S/c1-12-7-8-14-16(9-12)29-20-18(14)19-24-26(21(28)25(19)11-22-20)10-17(27)23-15-6-4-3-5-13(15)2/h3-6,11-12H,7-10H2,1-2H3,(H,23,27)/t12-/m1/s1. The number of fused-ring (bicyclic) bond motifs is 5. The highest BCUT2D eigenvalue weighted by Crippen LogP contribution is 2.38. The SMILES string of the molecule is Cc1ccccc1NC(=O)Cn1nc2c3c4c(sc3ncn2c1=O)C[C@H](C)CC4. The van der Waals surface area contributed by atoms with Crippen molar-refractivity contribution in [2.45, 2.75) is 39.7 Å². The average Bonchev–Trinajstić information content (AvgIpc) is 3.21. The molecule has 29 heavy (non-hydrogen) atoms. The fourth-order valence-corrected chi connectivity index (χ4v) is 5.35. The van der Waals surface area contributed by atoms with Crippen LogP contribution in [0.3, 0.4) is 0 Å². The second kappa shape index (κ2) is 6.81. The van der Waals surface area contributed by atoms with E-state index >= 15 is 0 Å². The van der Waals surface area contributed by atoms with Crippen molar-refractivity contribution in [1.82, 2.24) is 19.2 Å². The summed E-state index contributed by atoms with van der Waals surface area (Å²) < 4.78 is 2.67. The van der Waals surface area contributed by atoms with E-state index in [-0.39, 0.29) is 18.1 Å². The van der Waals surface area contributed by atoms with Gasteiger partial charge in [-0.1, -0.05) is 25.1 Å². The van der Waals surface area contributed by atoms with E-state index in [2.05, 4.69) is 22.3 Å². The summed E-state index contributed by atoms with van der Waals surface area (Å²) in [7, 11) is 0. The lowest BCUT2D eigenvalue weighted by Gasteiger charge is -2.17. The molecule has 8 heteroatoms. The van der Waals surface area contributed by atoms with Crippen LogP contribution in [0, 0.1) is 12.8 Å². The summed E-state index contributed by atoms with van der Waals surface area (Å²) in [5.74, 6) is 0.381. The molecule has 148 valence electrons. The molecular formula is C21H21N5O2S. The molecule has 0 saturated carbocycles. The number of hydrogen-bond acceptors (Lipinski definition) is 5. The molecule has 1 amide bonds. The lowest BCUT2D eigenvalue weighted by molar-refractivity contribution is -0.117. The first-order valence-electron chi connectivity index (χ1n) is 9.75. The van der Waals surface area contributed by atoms with Crippen molar-refractivity contribution in [2.24, 2.45) is 5.92 Å². The topological polar surface area (TPSA) is 81.3 Å². The van der Waals surface area contributed by atoms with Crippen LogP contribution < -0.4 is 11.0 Å². The van der Waals surface area contributed by atoms with Gasteiger partial charge in [-0.2, -0.15) is 0 Å². The summed E-state index contributed by atoms with van der Waals surface area (Å²) in [6, 6.07) is 7.54. The second-order valence-corrected chi connectivity index (χ2v) is 8.86. The second-order valence-electron chi connectivity index (χ2n) is 7.77. The lowest BCUT2D eigenvalue weighted by Crippen LogP contribution is -2.28. The minimum atomic E-state index is -0.349. The van der Waals surface area contributed by atoms with E-state index in [0.717, 1.165) is 40.7 Å². The van der Waals surface area contributed by atoms with Crippen molar-refractivity contribution >= 4 is 38.8 Å². The van der Waals surface area contributed by atoms with E-state index < -0.39 is 0 Å². The van der Waals surface area contributed by atoms with Gasteiger partial charge in [0.25, 0.3) is 0 Å². The number of aryl methyl sites for hydroxylation is 2. The first-order valence-corrected chi connectivity index (χ1v) is 10.6. The molecule has 0 bridgehead atoms. The molecule has 1 aliphatic rings. The summed E-state index contributed by atoms with van der Waals surface area (Å²) in [6.45, 7) is 4.05. The summed E-state index contributed by atoms with van der Waals surface area (Å²) in [5, 5.41) is 8.34. The van der Waals surface area contributed by atoms with Crippen LogP contribution in [0.1, 0.15) is 29.3 Å². The van der Waals surface area contributed by atoms with Crippen molar-refractivity contribution in [3.8, 4) is 0 Å². The molecule has 5 rings (SSSR count). The minimum Gasteiger partial charge on any atom is -0.324 e. The summed E-state index contributed by atoms with van der Waals surface area (Å²) >= 11 is 1.70. The number of aromatic nitrogens is 4. The first kappa shape index (κ1) is 18.1. The van der Waals surface area contributed by atoms with Crippen LogP contribution in [0.15, 0.2) is 35.4 Å². The van der Waals surface area contributed by atoms with Gasteiger partial charge in [-0.05, 0) is 49.3 Å². The summed E-state index contributed by atoms with van der Waals surface area (Å²) in [6.07, 6.45) is 4.68. The Bertz CT molecular complexity index is 1320. The molecule has 0 spiro atoms. The van der Waals surface area contributed by atoms with Gasteiger partial charge in [0, 0.05) is 10.6 Å². The maximum Gasteiger partial charge on any atom is 0.352 e. The maximum absolute atomic E-state index is 12.8. The van der Waals surface area contributed by atoms with Crippen LogP contribution in [0.25, 0.3) is 15.9 Å². The monoisotopic (exact) mass is 407 g/mol. The van der Waals surface area contributed by atoms with E-state index in [1.807, 2.05) is 31.2 Å². The maximum atomic E-state index is 12.8. The van der Waals surface area contributed by atoms with E-state index in [0.29, 0.717) is 11.6 Å². The van der Waals surface area contributed by atoms with Crippen LogP contribution in [0.2, 0.25) is 0 Å². The van der Waals surface area contributed by atoms with Crippen molar-refractivity contribution in [3.05, 3.63) is 57.1 Å². The van der Waals surface area contributed by atoms with Gasteiger partial charge in [-0.25, -0.2) is 18.9 Å². The van der Waals surface area contributed by atoms with Gasteiger partial charge in [0.1, 0.15) is 17.7 Å². The van der Waals surface area contributed by atoms with Crippen LogP contribution in [0.4, 0.5) is 5.69 Å². The highest BCUT2D eigenvalue weighted by atomic mass is 32.1. The van der Waals surface area contributed by atoms with Crippen molar-refractivity contribution in [2.75, 3.05) is 5.32 Å². The Hall–Kier alpha value is -3.00. The Balaban J connectivity index is 1.53. The fraction of sp³-hybridized carbons (Fsp3) is 0.333.